The highest BCUT2D eigenvalue weighted by atomic mass is 16.3. The first kappa shape index (κ1) is 16.6. The Balaban J connectivity index is 1.93. The second-order valence-corrected chi connectivity index (χ2v) is 6.80. The van der Waals surface area contributed by atoms with Crippen LogP contribution in [0.25, 0.3) is 0 Å². The van der Waals surface area contributed by atoms with Crippen LogP contribution in [0.15, 0.2) is 54.6 Å². The van der Waals surface area contributed by atoms with Gasteiger partial charge in [-0.25, -0.2) is 0 Å². The zero-order valence-corrected chi connectivity index (χ0v) is 14.4. The Morgan fingerprint density at radius 3 is 2.04 bits per heavy atom. The van der Waals surface area contributed by atoms with Gasteiger partial charge in [-0.05, 0) is 45.2 Å². The van der Waals surface area contributed by atoms with E-state index in [1.165, 1.54) is 24.9 Å². The Morgan fingerprint density at radius 2 is 1.50 bits per heavy atom. The van der Waals surface area contributed by atoms with Gasteiger partial charge in [0.25, 0.3) is 0 Å². The minimum absolute atomic E-state index is 0.542. The molecule has 0 bridgehead atoms. The predicted molar refractivity (Wildman–Crippen MR) is 100.0 cm³/mol. The van der Waals surface area contributed by atoms with E-state index in [2.05, 4.69) is 36.8 Å². The van der Waals surface area contributed by atoms with Crippen molar-refractivity contribution in [3.05, 3.63) is 65.7 Å². The van der Waals surface area contributed by atoms with Gasteiger partial charge in [-0.15, -0.1) is 6.42 Å². The van der Waals surface area contributed by atoms with Crippen molar-refractivity contribution in [2.45, 2.75) is 50.8 Å². The van der Waals surface area contributed by atoms with Gasteiger partial charge in [0.15, 0.2) is 5.60 Å². The maximum atomic E-state index is 11.0. The lowest BCUT2D eigenvalue weighted by atomic mass is 9.87. The highest BCUT2D eigenvalue weighted by Crippen LogP contribution is 2.33. The van der Waals surface area contributed by atoms with Gasteiger partial charge in [-0.2, -0.15) is 0 Å². The van der Waals surface area contributed by atoms with Crippen LogP contribution in [0.2, 0.25) is 0 Å². The van der Waals surface area contributed by atoms with Crippen molar-refractivity contribution in [1.29, 1.82) is 0 Å². The summed E-state index contributed by atoms with van der Waals surface area (Å²) in [4.78, 5) is 2.48. The van der Waals surface area contributed by atoms with Crippen molar-refractivity contribution < 1.29 is 5.11 Å². The van der Waals surface area contributed by atoms with Gasteiger partial charge in [0, 0.05) is 28.9 Å². The first-order chi connectivity index (χ1) is 11.6. The van der Waals surface area contributed by atoms with E-state index < -0.39 is 5.60 Å². The Kier molecular flexibility index (Phi) is 4.64. The third-order valence-corrected chi connectivity index (χ3v) is 5.18. The van der Waals surface area contributed by atoms with Gasteiger partial charge in [-0.1, -0.05) is 48.4 Å². The van der Waals surface area contributed by atoms with Crippen molar-refractivity contribution >= 4 is 5.69 Å². The van der Waals surface area contributed by atoms with Gasteiger partial charge in [-0.3, -0.25) is 0 Å². The molecule has 0 saturated carbocycles. The van der Waals surface area contributed by atoms with Gasteiger partial charge in [0.2, 0.25) is 0 Å². The van der Waals surface area contributed by atoms with E-state index in [0.717, 1.165) is 11.1 Å². The second-order valence-electron chi connectivity index (χ2n) is 6.80. The van der Waals surface area contributed by atoms with Gasteiger partial charge >= 0.3 is 0 Å². The first-order valence-electron chi connectivity index (χ1n) is 8.71. The number of nitrogens with zero attached hydrogens (tertiary/aromatic N) is 1. The fourth-order valence-corrected chi connectivity index (χ4v) is 3.82. The van der Waals surface area contributed by atoms with E-state index >= 15 is 0 Å². The molecular weight excluding hydrogens is 294 g/mol. The van der Waals surface area contributed by atoms with E-state index in [9.17, 15) is 5.11 Å². The molecular formula is C22H25NO. The summed E-state index contributed by atoms with van der Waals surface area (Å²) < 4.78 is 0. The van der Waals surface area contributed by atoms with Crippen molar-refractivity contribution in [1.82, 2.24) is 0 Å². The van der Waals surface area contributed by atoms with Crippen LogP contribution in [0.1, 0.15) is 44.2 Å². The summed E-state index contributed by atoms with van der Waals surface area (Å²) in [6, 6.07) is 18.6. The molecule has 1 N–H and O–H groups in total. The third kappa shape index (κ3) is 2.92. The lowest BCUT2D eigenvalue weighted by Gasteiger charge is -2.41. The molecule has 1 aliphatic rings. The molecule has 2 aromatic carbocycles. The summed E-state index contributed by atoms with van der Waals surface area (Å²) >= 11 is 0. The van der Waals surface area contributed by atoms with Crippen molar-refractivity contribution in [3.63, 3.8) is 0 Å². The summed E-state index contributed by atoms with van der Waals surface area (Å²) in [6.45, 7) is 4.57. The van der Waals surface area contributed by atoms with Crippen LogP contribution in [0, 0.1) is 12.3 Å². The van der Waals surface area contributed by atoms with Crippen LogP contribution < -0.4 is 4.90 Å². The summed E-state index contributed by atoms with van der Waals surface area (Å²) in [6.07, 6.45) is 9.43. The van der Waals surface area contributed by atoms with Gasteiger partial charge in [0.05, 0.1) is 0 Å². The average Bonchev–Trinajstić information content (AvgIpc) is 2.62. The van der Waals surface area contributed by atoms with Crippen molar-refractivity contribution in [2.75, 3.05) is 4.90 Å². The zero-order valence-electron chi connectivity index (χ0n) is 14.4. The molecule has 2 heteroatoms. The topological polar surface area (TPSA) is 23.5 Å². The minimum Gasteiger partial charge on any atom is -0.369 e. The number of piperidine rings is 1. The normalized spacial score (nSPS) is 23.3. The molecule has 3 rings (SSSR count). The minimum atomic E-state index is -1.39. The molecule has 124 valence electrons. The number of aliphatic hydroxyl groups is 1. The van der Waals surface area contributed by atoms with Crippen molar-refractivity contribution in [3.8, 4) is 12.3 Å². The maximum absolute atomic E-state index is 11.0. The largest absolute Gasteiger partial charge is 0.369 e. The van der Waals surface area contributed by atoms with Gasteiger partial charge < -0.3 is 10.0 Å². The molecule has 0 radical (unpaired) electrons. The van der Waals surface area contributed by atoms with E-state index in [0.29, 0.717) is 12.1 Å². The maximum Gasteiger partial charge on any atom is 0.176 e. The molecule has 0 spiro atoms. The highest BCUT2D eigenvalue weighted by Gasteiger charge is 2.30. The molecule has 1 heterocycles. The van der Waals surface area contributed by atoms with Crippen LogP contribution in [-0.2, 0) is 5.60 Å². The fourth-order valence-electron chi connectivity index (χ4n) is 3.82. The molecule has 0 aliphatic carbocycles. The lowest BCUT2D eigenvalue weighted by Crippen LogP contribution is -2.43. The van der Waals surface area contributed by atoms with Crippen LogP contribution in [0.3, 0.4) is 0 Å². The summed E-state index contributed by atoms with van der Waals surface area (Å²) in [5, 5.41) is 11.0. The average molecular weight is 319 g/mol. The number of hydrogen-bond donors (Lipinski definition) is 1. The van der Waals surface area contributed by atoms with Crippen molar-refractivity contribution in [2.24, 2.45) is 0 Å². The molecule has 2 aromatic rings. The van der Waals surface area contributed by atoms with E-state index in [-0.39, 0.29) is 0 Å². The Bertz CT molecular complexity index is 706. The SMILES string of the molecule is C#CC(O)(c1ccccc1)c1ccc(N2C(C)CCCC2C)cc1. The number of hydrogen-bond acceptors (Lipinski definition) is 2. The molecule has 24 heavy (non-hydrogen) atoms. The van der Waals surface area contributed by atoms with Crippen LogP contribution in [0.5, 0.6) is 0 Å². The number of anilines is 1. The smallest absolute Gasteiger partial charge is 0.176 e. The quantitative estimate of drug-likeness (QED) is 0.852. The Hall–Kier alpha value is -2.24. The Labute approximate surface area is 145 Å². The summed E-state index contributed by atoms with van der Waals surface area (Å²) in [5.74, 6) is 2.57. The van der Waals surface area contributed by atoms with E-state index in [1.807, 2.05) is 42.5 Å². The first-order valence-corrected chi connectivity index (χ1v) is 8.71. The predicted octanol–water partition coefficient (Wildman–Crippen LogP) is 4.32. The monoisotopic (exact) mass is 319 g/mol. The number of terminal acetylenes is 1. The zero-order chi connectivity index (χ0) is 17.2. The van der Waals surface area contributed by atoms with Crippen LogP contribution >= 0.6 is 0 Å². The Morgan fingerprint density at radius 1 is 0.958 bits per heavy atom. The molecule has 1 fully saturated rings. The molecule has 1 saturated heterocycles. The second kappa shape index (κ2) is 6.71. The molecule has 0 amide bonds. The van der Waals surface area contributed by atoms with E-state index in [4.69, 9.17) is 6.42 Å². The molecule has 2 nitrogen and oxygen atoms in total. The highest BCUT2D eigenvalue weighted by molar-refractivity contribution is 5.53. The molecule has 3 atom stereocenters. The van der Waals surface area contributed by atoms with Crippen LogP contribution in [-0.4, -0.2) is 17.2 Å². The molecule has 0 aromatic heterocycles. The fraction of sp³-hybridized carbons (Fsp3) is 0.364. The summed E-state index contributed by atoms with van der Waals surface area (Å²) in [7, 11) is 0. The number of rotatable bonds is 3. The number of benzene rings is 2. The third-order valence-electron chi connectivity index (χ3n) is 5.18. The van der Waals surface area contributed by atoms with E-state index in [1.54, 1.807) is 0 Å². The van der Waals surface area contributed by atoms with Crippen LogP contribution in [0.4, 0.5) is 5.69 Å². The molecule has 1 aliphatic heterocycles. The molecule has 3 unspecified atom stereocenters. The lowest BCUT2D eigenvalue weighted by molar-refractivity contribution is 0.145. The standard InChI is InChI=1S/C22H25NO/c1-4-22(24,19-11-6-5-7-12-19)20-13-15-21(16-14-20)23-17(2)9-8-10-18(23)3/h1,5-7,11-18,24H,8-10H2,2-3H3. The summed E-state index contributed by atoms with van der Waals surface area (Å²) in [5.41, 5.74) is 1.27. The van der Waals surface area contributed by atoms with Gasteiger partial charge in [0.1, 0.15) is 0 Å².